The zero-order chi connectivity index (χ0) is 14.7. The largest absolute Gasteiger partial charge is 0.480 e. The number of carboxylic acid groups (broad SMARTS) is 1. The summed E-state index contributed by atoms with van der Waals surface area (Å²) in [6, 6.07) is 5.14. The Morgan fingerprint density at radius 3 is 2.95 bits per heavy atom. The molecule has 0 aliphatic carbocycles. The molecule has 0 fully saturated rings. The number of nitrogens with one attached hydrogen (secondary N) is 1. The van der Waals surface area contributed by atoms with Gasteiger partial charge in [0.05, 0.1) is 0 Å². The van der Waals surface area contributed by atoms with Crippen LogP contribution in [0.4, 0.5) is 0 Å². The molecule has 1 aromatic carbocycles. The zero-order valence-corrected chi connectivity index (χ0v) is 11.3. The van der Waals surface area contributed by atoms with E-state index in [4.69, 9.17) is 26.6 Å². The van der Waals surface area contributed by atoms with E-state index in [9.17, 15) is 9.59 Å². The Morgan fingerprint density at radius 2 is 2.25 bits per heavy atom. The summed E-state index contributed by atoms with van der Waals surface area (Å²) in [4.78, 5) is 22.3. The number of halogens is 1. The predicted octanol–water partition coefficient (Wildman–Crippen LogP) is 0.595. The van der Waals surface area contributed by atoms with Gasteiger partial charge in [-0.2, -0.15) is 0 Å². The minimum Gasteiger partial charge on any atom is -0.480 e. The summed E-state index contributed by atoms with van der Waals surface area (Å²) >= 11 is 5.86. The molecule has 20 heavy (non-hydrogen) atoms. The summed E-state index contributed by atoms with van der Waals surface area (Å²) in [5, 5.41) is 20.7. The number of aliphatic carboxylic acids is 1. The molecule has 6 nitrogen and oxygen atoms in total. The van der Waals surface area contributed by atoms with E-state index in [0.717, 1.165) is 5.56 Å². The predicted molar refractivity (Wildman–Crippen MR) is 70.8 cm³/mol. The lowest BCUT2D eigenvalue weighted by Crippen LogP contribution is -2.39. The van der Waals surface area contributed by atoms with Gasteiger partial charge in [-0.15, -0.1) is 0 Å². The number of amides is 1. The van der Waals surface area contributed by atoms with Gasteiger partial charge in [-0.05, 0) is 23.8 Å². The van der Waals surface area contributed by atoms with Crippen LogP contribution < -0.4 is 10.1 Å². The molecule has 1 aliphatic heterocycles. The highest BCUT2D eigenvalue weighted by Crippen LogP contribution is 2.31. The Labute approximate surface area is 120 Å². The van der Waals surface area contributed by atoms with E-state index in [-0.39, 0.29) is 18.9 Å². The van der Waals surface area contributed by atoms with E-state index >= 15 is 0 Å². The Kier molecular flexibility index (Phi) is 4.46. The van der Waals surface area contributed by atoms with E-state index in [0.29, 0.717) is 17.2 Å². The first kappa shape index (κ1) is 14.6. The van der Waals surface area contributed by atoms with Crippen LogP contribution in [0.3, 0.4) is 0 Å². The van der Waals surface area contributed by atoms with Crippen molar-refractivity contribution >= 4 is 23.5 Å². The van der Waals surface area contributed by atoms with Gasteiger partial charge in [0.2, 0.25) is 0 Å². The van der Waals surface area contributed by atoms with E-state index in [2.05, 4.69) is 5.32 Å². The molecule has 3 N–H and O–H groups in total. The van der Waals surface area contributed by atoms with Crippen molar-refractivity contribution in [3.05, 3.63) is 28.8 Å². The lowest BCUT2D eigenvalue weighted by Gasteiger charge is -2.12. The van der Waals surface area contributed by atoms with Crippen molar-refractivity contribution in [2.45, 2.75) is 25.0 Å². The number of carbonyl (C=O) groups excluding carboxylic acids is 1. The number of fused-ring (bicyclic) bond motifs is 1. The smallest absolute Gasteiger partial charge is 0.332 e. The fraction of sp³-hybridized carbons (Fsp3) is 0.385. The van der Waals surface area contributed by atoms with Crippen LogP contribution in [0.2, 0.25) is 5.02 Å². The maximum absolute atomic E-state index is 11.9. The molecular weight excluding hydrogens is 286 g/mol. The maximum atomic E-state index is 11.9. The molecule has 0 radical (unpaired) electrons. The molecule has 2 atom stereocenters. The Balaban J connectivity index is 1.82. The van der Waals surface area contributed by atoms with Crippen LogP contribution in [0.1, 0.15) is 12.0 Å². The van der Waals surface area contributed by atoms with Crippen molar-refractivity contribution in [1.82, 2.24) is 5.32 Å². The van der Waals surface area contributed by atoms with Crippen LogP contribution in [0.5, 0.6) is 5.75 Å². The number of aliphatic hydroxyl groups excluding tert-OH is 1. The van der Waals surface area contributed by atoms with Crippen molar-refractivity contribution < 1.29 is 24.5 Å². The monoisotopic (exact) mass is 299 g/mol. The fourth-order valence-corrected chi connectivity index (χ4v) is 2.13. The minimum absolute atomic E-state index is 0.0490. The summed E-state index contributed by atoms with van der Waals surface area (Å²) in [7, 11) is 0. The van der Waals surface area contributed by atoms with Crippen LogP contribution in [0.25, 0.3) is 0 Å². The molecule has 108 valence electrons. The third kappa shape index (κ3) is 3.40. The van der Waals surface area contributed by atoms with Crippen LogP contribution >= 0.6 is 11.6 Å². The van der Waals surface area contributed by atoms with E-state index in [1.54, 1.807) is 18.2 Å². The number of hydrogen-bond acceptors (Lipinski definition) is 4. The van der Waals surface area contributed by atoms with Gasteiger partial charge < -0.3 is 20.3 Å². The van der Waals surface area contributed by atoms with Gasteiger partial charge in [-0.3, -0.25) is 4.79 Å². The molecule has 0 saturated heterocycles. The average molecular weight is 300 g/mol. The van der Waals surface area contributed by atoms with Gasteiger partial charge in [0, 0.05) is 24.4 Å². The summed E-state index contributed by atoms with van der Waals surface area (Å²) in [5.41, 5.74) is 0.864. The third-order valence-electron chi connectivity index (χ3n) is 2.99. The van der Waals surface area contributed by atoms with Crippen LogP contribution in [-0.4, -0.2) is 40.8 Å². The van der Waals surface area contributed by atoms with Crippen molar-refractivity contribution in [3.8, 4) is 5.75 Å². The topological polar surface area (TPSA) is 95.9 Å². The number of benzene rings is 1. The Morgan fingerprint density at radius 1 is 1.50 bits per heavy atom. The molecule has 0 bridgehead atoms. The first-order valence-corrected chi connectivity index (χ1v) is 6.49. The fourth-order valence-electron chi connectivity index (χ4n) is 1.93. The summed E-state index contributed by atoms with van der Waals surface area (Å²) in [6.45, 7) is 0.0727. The number of hydrogen-bond donors (Lipinski definition) is 3. The van der Waals surface area contributed by atoms with Crippen LogP contribution in [-0.2, 0) is 16.0 Å². The summed E-state index contributed by atoms with van der Waals surface area (Å²) in [5.74, 6) is -1.02. The van der Waals surface area contributed by atoms with Crippen LogP contribution in [0.15, 0.2) is 18.2 Å². The molecule has 2 unspecified atom stereocenters. The number of rotatable bonds is 5. The second-order valence-electron chi connectivity index (χ2n) is 4.50. The third-order valence-corrected chi connectivity index (χ3v) is 3.23. The SMILES string of the molecule is O=C(O)C(O)CCNC(=O)C1Cc2cc(Cl)ccc2O1. The van der Waals surface area contributed by atoms with E-state index < -0.39 is 18.2 Å². The summed E-state index contributed by atoms with van der Waals surface area (Å²) < 4.78 is 5.48. The number of carboxylic acids is 1. The molecule has 1 aromatic rings. The van der Waals surface area contributed by atoms with Gasteiger partial charge in [0.1, 0.15) is 5.75 Å². The standard InChI is InChI=1S/C13H14ClNO5/c14-8-1-2-10-7(5-8)6-11(20-10)12(17)15-4-3-9(16)13(18)19/h1-2,5,9,11,16H,3-4,6H2,(H,15,17)(H,18,19). The first-order valence-electron chi connectivity index (χ1n) is 6.11. The van der Waals surface area contributed by atoms with E-state index in [1.165, 1.54) is 0 Å². The molecule has 7 heteroatoms. The molecule has 1 heterocycles. The highest BCUT2D eigenvalue weighted by atomic mass is 35.5. The van der Waals surface area contributed by atoms with Crippen molar-refractivity contribution in [1.29, 1.82) is 0 Å². The normalized spacial score (nSPS) is 18.0. The molecule has 0 spiro atoms. The van der Waals surface area contributed by atoms with Gasteiger partial charge >= 0.3 is 5.97 Å². The lowest BCUT2D eigenvalue weighted by atomic mass is 10.1. The van der Waals surface area contributed by atoms with Crippen LogP contribution in [0, 0.1) is 0 Å². The summed E-state index contributed by atoms with van der Waals surface area (Å²) in [6.07, 6.45) is -1.75. The second kappa shape index (κ2) is 6.11. The highest BCUT2D eigenvalue weighted by Gasteiger charge is 2.29. The van der Waals surface area contributed by atoms with Crippen molar-refractivity contribution in [3.63, 3.8) is 0 Å². The van der Waals surface area contributed by atoms with Gasteiger partial charge in [0.15, 0.2) is 12.2 Å². The molecule has 2 rings (SSSR count). The number of carbonyl (C=O) groups is 2. The quantitative estimate of drug-likeness (QED) is 0.740. The highest BCUT2D eigenvalue weighted by molar-refractivity contribution is 6.30. The molecule has 0 aromatic heterocycles. The Bertz CT molecular complexity index is 533. The Hall–Kier alpha value is -1.79. The molecule has 1 aliphatic rings. The van der Waals surface area contributed by atoms with Gasteiger partial charge in [-0.25, -0.2) is 4.79 Å². The molecular formula is C13H14ClNO5. The zero-order valence-electron chi connectivity index (χ0n) is 10.5. The first-order chi connectivity index (χ1) is 9.47. The molecule has 1 amide bonds. The van der Waals surface area contributed by atoms with Gasteiger partial charge in [-0.1, -0.05) is 11.6 Å². The number of ether oxygens (including phenoxy) is 1. The van der Waals surface area contributed by atoms with Crippen molar-refractivity contribution in [2.24, 2.45) is 0 Å². The van der Waals surface area contributed by atoms with Crippen molar-refractivity contribution in [2.75, 3.05) is 6.54 Å². The second-order valence-corrected chi connectivity index (χ2v) is 4.93. The lowest BCUT2D eigenvalue weighted by molar-refractivity contribution is -0.147. The number of aliphatic hydroxyl groups is 1. The maximum Gasteiger partial charge on any atom is 0.332 e. The van der Waals surface area contributed by atoms with E-state index in [1.807, 2.05) is 0 Å². The van der Waals surface area contributed by atoms with Gasteiger partial charge in [0.25, 0.3) is 5.91 Å². The molecule has 0 saturated carbocycles. The minimum atomic E-state index is -1.48. The average Bonchev–Trinajstić information content (AvgIpc) is 2.81.